The Balaban J connectivity index is 1.73. The van der Waals surface area contributed by atoms with Crippen LogP contribution in [0.4, 0.5) is 0 Å². The van der Waals surface area contributed by atoms with E-state index in [2.05, 4.69) is 10.3 Å². The summed E-state index contributed by atoms with van der Waals surface area (Å²) in [5, 5.41) is 12.4. The van der Waals surface area contributed by atoms with Crippen LogP contribution in [0, 0.1) is 0 Å². The lowest BCUT2D eigenvalue weighted by Gasteiger charge is -2.07. The van der Waals surface area contributed by atoms with Gasteiger partial charge in [-0.1, -0.05) is 41.4 Å². The van der Waals surface area contributed by atoms with Crippen molar-refractivity contribution in [3.63, 3.8) is 0 Å². The average Bonchev–Trinajstić information content (AvgIpc) is 3.16. The molecule has 0 aliphatic rings. The molecule has 3 rings (SSSR count). The molecule has 2 aromatic carbocycles. The number of halogens is 2. The summed E-state index contributed by atoms with van der Waals surface area (Å²) in [5.74, 6) is -0.0970. The number of aliphatic hydroxyl groups excluding tert-OH is 1. The van der Waals surface area contributed by atoms with Crippen molar-refractivity contribution in [2.75, 3.05) is 13.2 Å². The van der Waals surface area contributed by atoms with Gasteiger partial charge in [-0.25, -0.2) is 4.98 Å². The molecule has 5 nitrogen and oxygen atoms in total. The molecule has 1 amide bonds. The third-order valence-electron chi connectivity index (χ3n) is 4.08. The van der Waals surface area contributed by atoms with Gasteiger partial charge in [0.05, 0.1) is 28.7 Å². The molecular weight excluding hydrogens is 385 g/mol. The van der Waals surface area contributed by atoms with E-state index < -0.39 is 0 Å². The number of aromatic nitrogens is 2. The van der Waals surface area contributed by atoms with Crippen molar-refractivity contribution < 1.29 is 9.90 Å². The van der Waals surface area contributed by atoms with Gasteiger partial charge in [-0.3, -0.25) is 4.79 Å². The molecule has 1 heterocycles. The monoisotopic (exact) mass is 403 g/mol. The van der Waals surface area contributed by atoms with Crippen molar-refractivity contribution >= 4 is 29.1 Å². The number of hydrogen-bond donors (Lipinski definition) is 2. The Morgan fingerprint density at radius 1 is 1.11 bits per heavy atom. The Bertz CT molecular complexity index is 940. The molecule has 1 aromatic heterocycles. The molecule has 0 saturated carbocycles. The summed E-state index contributed by atoms with van der Waals surface area (Å²) >= 11 is 12.1. The van der Waals surface area contributed by atoms with Crippen molar-refractivity contribution in [1.82, 2.24) is 14.9 Å². The van der Waals surface area contributed by atoms with Gasteiger partial charge in [-0.05, 0) is 41.8 Å². The van der Waals surface area contributed by atoms with Crippen molar-refractivity contribution in [3.8, 4) is 16.8 Å². The lowest BCUT2D eigenvalue weighted by molar-refractivity contribution is -0.121. The quantitative estimate of drug-likeness (QED) is 0.628. The van der Waals surface area contributed by atoms with Crippen molar-refractivity contribution in [2.45, 2.75) is 12.8 Å². The zero-order valence-electron chi connectivity index (χ0n) is 14.5. The lowest BCUT2D eigenvalue weighted by atomic mass is 10.1. The summed E-state index contributed by atoms with van der Waals surface area (Å²) in [6.45, 7) is 0.213. The molecular formula is C20H19Cl2N3O2. The zero-order valence-corrected chi connectivity index (χ0v) is 16.0. The van der Waals surface area contributed by atoms with Crippen LogP contribution in [0.1, 0.15) is 12.1 Å². The first-order chi connectivity index (χ1) is 13.1. The standard InChI is InChI=1S/C20H19Cl2N3O2/c21-18-6-4-15(11-19(18)22)14-2-1-3-17(10-14)25-12-16(24-13-25)5-7-20(27)23-8-9-26/h1-4,6,10-13,26H,5,7-9H2,(H,23,27). The van der Waals surface area contributed by atoms with E-state index >= 15 is 0 Å². The maximum absolute atomic E-state index is 11.6. The van der Waals surface area contributed by atoms with Gasteiger partial charge in [0, 0.05) is 24.8 Å². The number of nitrogens with one attached hydrogen (secondary N) is 1. The number of hydrogen-bond acceptors (Lipinski definition) is 3. The van der Waals surface area contributed by atoms with Crippen molar-refractivity contribution in [3.05, 3.63) is 70.7 Å². The van der Waals surface area contributed by atoms with E-state index in [-0.39, 0.29) is 19.1 Å². The summed E-state index contributed by atoms with van der Waals surface area (Å²) < 4.78 is 1.92. The molecule has 2 N–H and O–H groups in total. The minimum Gasteiger partial charge on any atom is -0.395 e. The number of rotatable bonds is 7. The predicted molar refractivity (Wildman–Crippen MR) is 107 cm³/mol. The van der Waals surface area contributed by atoms with Gasteiger partial charge in [0.2, 0.25) is 5.91 Å². The largest absolute Gasteiger partial charge is 0.395 e. The number of amides is 1. The first kappa shape index (κ1) is 19.4. The number of benzene rings is 2. The number of imidazole rings is 1. The van der Waals surface area contributed by atoms with Gasteiger partial charge in [-0.2, -0.15) is 0 Å². The molecule has 0 unspecified atom stereocenters. The average molecular weight is 404 g/mol. The molecule has 0 atom stereocenters. The third kappa shape index (κ3) is 5.10. The summed E-state index contributed by atoms with van der Waals surface area (Å²) in [6.07, 6.45) is 4.51. The van der Waals surface area contributed by atoms with E-state index in [1.165, 1.54) is 0 Å². The molecule has 3 aromatic rings. The second-order valence-corrected chi connectivity index (χ2v) is 6.84. The third-order valence-corrected chi connectivity index (χ3v) is 4.81. The molecule has 0 radical (unpaired) electrons. The van der Waals surface area contributed by atoms with Crippen LogP contribution in [0.2, 0.25) is 10.0 Å². The van der Waals surface area contributed by atoms with E-state index in [0.29, 0.717) is 22.9 Å². The van der Waals surface area contributed by atoms with Gasteiger partial charge in [0.1, 0.15) is 0 Å². The minimum atomic E-state index is -0.0970. The normalized spacial score (nSPS) is 10.8. The van der Waals surface area contributed by atoms with Crippen LogP contribution in [0.3, 0.4) is 0 Å². The summed E-state index contributed by atoms with van der Waals surface area (Å²) in [4.78, 5) is 16.0. The molecule has 7 heteroatoms. The Labute approximate surface area is 167 Å². The topological polar surface area (TPSA) is 67.2 Å². The highest BCUT2D eigenvalue weighted by Crippen LogP contribution is 2.29. The van der Waals surface area contributed by atoms with Crippen LogP contribution in [0.25, 0.3) is 16.8 Å². The van der Waals surface area contributed by atoms with E-state index in [4.69, 9.17) is 28.3 Å². The molecule has 0 bridgehead atoms. The molecule has 27 heavy (non-hydrogen) atoms. The van der Waals surface area contributed by atoms with Crippen LogP contribution in [-0.4, -0.2) is 33.7 Å². The second-order valence-electron chi connectivity index (χ2n) is 6.03. The highest BCUT2D eigenvalue weighted by atomic mass is 35.5. The Kier molecular flexibility index (Phi) is 6.50. The maximum Gasteiger partial charge on any atom is 0.220 e. The zero-order chi connectivity index (χ0) is 19.2. The van der Waals surface area contributed by atoms with Gasteiger partial charge >= 0.3 is 0 Å². The first-order valence-electron chi connectivity index (χ1n) is 8.53. The molecule has 0 aliphatic heterocycles. The van der Waals surface area contributed by atoms with E-state index in [1.807, 2.05) is 47.2 Å². The highest BCUT2D eigenvalue weighted by molar-refractivity contribution is 6.42. The van der Waals surface area contributed by atoms with Crippen LogP contribution < -0.4 is 5.32 Å². The number of carbonyl (C=O) groups excluding carboxylic acids is 1. The SMILES string of the molecule is O=C(CCc1cn(-c2cccc(-c3ccc(Cl)c(Cl)c3)c2)cn1)NCCO. The number of aryl methyl sites for hydroxylation is 1. The van der Waals surface area contributed by atoms with Crippen LogP contribution in [0.15, 0.2) is 55.0 Å². The lowest BCUT2D eigenvalue weighted by Crippen LogP contribution is -2.26. The summed E-state index contributed by atoms with van der Waals surface area (Å²) in [6, 6.07) is 13.6. The fourth-order valence-corrected chi connectivity index (χ4v) is 2.98. The smallest absolute Gasteiger partial charge is 0.220 e. The van der Waals surface area contributed by atoms with Gasteiger partial charge in [0.15, 0.2) is 0 Å². The minimum absolute atomic E-state index is 0.0600. The van der Waals surface area contributed by atoms with Crippen LogP contribution >= 0.6 is 23.2 Å². The first-order valence-corrected chi connectivity index (χ1v) is 9.28. The molecule has 140 valence electrons. The van der Waals surface area contributed by atoms with E-state index in [9.17, 15) is 4.79 Å². The van der Waals surface area contributed by atoms with Gasteiger partial charge in [-0.15, -0.1) is 0 Å². The maximum atomic E-state index is 11.6. The summed E-state index contributed by atoms with van der Waals surface area (Å²) in [5.41, 5.74) is 3.79. The summed E-state index contributed by atoms with van der Waals surface area (Å²) in [7, 11) is 0. The van der Waals surface area contributed by atoms with Gasteiger partial charge in [0.25, 0.3) is 0 Å². The molecule has 0 saturated heterocycles. The number of nitrogens with zero attached hydrogens (tertiary/aromatic N) is 2. The number of carbonyl (C=O) groups is 1. The van der Waals surface area contributed by atoms with Crippen molar-refractivity contribution in [1.29, 1.82) is 0 Å². The predicted octanol–water partition coefficient (Wildman–Crippen LogP) is 3.89. The highest BCUT2D eigenvalue weighted by Gasteiger charge is 2.07. The molecule has 0 spiro atoms. The van der Waals surface area contributed by atoms with Gasteiger partial charge < -0.3 is 15.0 Å². The fraction of sp³-hybridized carbons (Fsp3) is 0.200. The number of aliphatic hydroxyl groups is 1. The Hall–Kier alpha value is -2.34. The Morgan fingerprint density at radius 2 is 1.93 bits per heavy atom. The van der Waals surface area contributed by atoms with E-state index in [1.54, 1.807) is 12.4 Å². The Morgan fingerprint density at radius 3 is 2.70 bits per heavy atom. The fourth-order valence-electron chi connectivity index (χ4n) is 2.68. The van der Waals surface area contributed by atoms with Crippen LogP contribution in [0.5, 0.6) is 0 Å². The molecule has 0 aliphatic carbocycles. The second kappa shape index (κ2) is 9.04. The van der Waals surface area contributed by atoms with Crippen LogP contribution in [-0.2, 0) is 11.2 Å². The van der Waals surface area contributed by atoms with E-state index in [0.717, 1.165) is 22.5 Å². The molecule has 0 fully saturated rings. The van der Waals surface area contributed by atoms with Crippen molar-refractivity contribution in [2.24, 2.45) is 0 Å².